The molecular formula is C18H14Cl3N5S. The maximum absolute atomic E-state index is 5.98. The molecule has 138 valence electrons. The van der Waals surface area contributed by atoms with Crippen LogP contribution in [0.4, 0.5) is 11.6 Å². The molecule has 0 aliphatic carbocycles. The Hall–Kier alpha value is -2.25. The van der Waals surface area contributed by atoms with E-state index in [9.17, 15) is 0 Å². The van der Waals surface area contributed by atoms with Crippen molar-refractivity contribution in [1.82, 2.24) is 19.9 Å². The lowest BCUT2D eigenvalue weighted by molar-refractivity contribution is 1.16. The third-order valence-electron chi connectivity index (χ3n) is 3.44. The summed E-state index contributed by atoms with van der Waals surface area (Å²) in [6.45, 7) is 0. The second-order valence-corrected chi connectivity index (χ2v) is 6.88. The Labute approximate surface area is 177 Å². The molecule has 4 rings (SSSR count). The summed E-state index contributed by atoms with van der Waals surface area (Å²) in [7, 11) is 0. The zero-order valence-corrected chi connectivity index (χ0v) is 16.9. The Bertz CT molecular complexity index is 993. The van der Waals surface area contributed by atoms with E-state index in [2.05, 4.69) is 25.3 Å². The molecule has 0 atom stereocenters. The number of aromatic nitrogens is 4. The van der Waals surface area contributed by atoms with Gasteiger partial charge in [-0.05, 0) is 36.4 Å². The van der Waals surface area contributed by atoms with E-state index in [1.165, 1.54) is 11.3 Å². The van der Waals surface area contributed by atoms with Crippen molar-refractivity contribution in [3.8, 4) is 21.8 Å². The number of hydrogen-bond acceptors (Lipinski definition) is 6. The molecule has 0 aliphatic heterocycles. The fourth-order valence-electron chi connectivity index (χ4n) is 2.28. The van der Waals surface area contributed by atoms with Gasteiger partial charge in [0.25, 0.3) is 0 Å². The van der Waals surface area contributed by atoms with Gasteiger partial charge in [0.2, 0.25) is 0 Å². The molecule has 27 heavy (non-hydrogen) atoms. The van der Waals surface area contributed by atoms with Crippen molar-refractivity contribution in [2.75, 3.05) is 5.32 Å². The van der Waals surface area contributed by atoms with Gasteiger partial charge in [0.05, 0.1) is 22.4 Å². The average molecular weight is 439 g/mol. The standard InChI is InChI=1S/C18H12ClN5S.2ClH/c19-16-6-5-15(25-16)12-4-7-17(22-9-12)24-18-11-20-10-14(23-18)13-3-1-2-8-21-13;;/h1-11H,(H,22,23,24);2*1H. The molecule has 4 aromatic heterocycles. The lowest BCUT2D eigenvalue weighted by atomic mass is 10.2. The second kappa shape index (κ2) is 9.62. The number of pyridine rings is 2. The Morgan fingerprint density at radius 1 is 0.815 bits per heavy atom. The van der Waals surface area contributed by atoms with Crippen molar-refractivity contribution in [2.45, 2.75) is 0 Å². The number of nitrogens with zero attached hydrogens (tertiary/aromatic N) is 4. The first-order chi connectivity index (χ1) is 12.3. The Balaban J connectivity index is 0.00000131. The highest BCUT2D eigenvalue weighted by molar-refractivity contribution is 7.19. The number of thiophene rings is 1. The summed E-state index contributed by atoms with van der Waals surface area (Å²) >= 11 is 7.51. The topological polar surface area (TPSA) is 63.6 Å². The molecule has 0 saturated heterocycles. The van der Waals surface area contributed by atoms with Crippen LogP contribution in [0.25, 0.3) is 21.8 Å². The van der Waals surface area contributed by atoms with Gasteiger partial charge < -0.3 is 5.32 Å². The third-order valence-corrected chi connectivity index (χ3v) is 4.72. The van der Waals surface area contributed by atoms with Crippen molar-refractivity contribution in [2.24, 2.45) is 0 Å². The van der Waals surface area contributed by atoms with Crippen LogP contribution in [-0.4, -0.2) is 19.9 Å². The maximum Gasteiger partial charge on any atom is 0.150 e. The van der Waals surface area contributed by atoms with Crippen LogP contribution in [0.2, 0.25) is 4.34 Å². The summed E-state index contributed by atoms with van der Waals surface area (Å²) in [4.78, 5) is 18.6. The van der Waals surface area contributed by atoms with Gasteiger partial charge in [-0.15, -0.1) is 36.2 Å². The van der Waals surface area contributed by atoms with E-state index >= 15 is 0 Å². The van der Waals surface area contributed by atoms with Crippen LogP contribution in [0.1, 0.15) is 0 Å². The van der Waals surface area contributed by atoms with Crippen molar-refractivity contribution in [3.05, 3.63) is 71.6 Å². The second-order valence-electron chi connectivity index (χ2n) is 5.17. The molecule has 0 spiro atoms. The van der Waals surface area contributed by atoms with Gasteiger partial charge in [-0.3, -0.25) is 9.97 Å². The van der Waals surface area contributed by atoms with E-state index in [1.54, 1.807) is 24.8 Å². The molecule has 9 heteroatoms. The van der Waals surface area contributed by atoms with Crippen molar-refractivity contribution in [3.63, 3.8) is 0 Å². The summed E-state index contributed by atoms with van der Waals surface area (Å²) in [5.74, 6) is 1.31. The van der Waals surface area contributed by atoms with Crippen molar-refractivity contribution < 1.29 is 0 Å². The molecule has 1 N–H and O–H groups in total. The first-order valence-electron chi connectivity index (χ1n) is 7.50. The summed E-state index contributed by atoms with van der Waals surface area (Å²) in [6, 6.07) is 13.4. The highest BCUT2D eigenvalue weighted by Gasteiger charge is 2.05. The zero-order chi connectivity index (χ0) is 17.1. The van der Waals surface area contributed by atoms with Gasteiger partial charge in [0.15, 0.2) is 5.82 Å². The summed E-state index contributed by atoms with van der Waals surface area (Å²) in [5.41, 5.74) is 2.50. The lowest BCUT2D eigenvalue weighted by Crippen LogP contribution is -1.98. The fraction of sp³-hybridized carbons (Fsp3) is 0. The van der Waals surface area contributed by atoms with Gasteiger partial charge in [-0.2, -0.15) is 0 Å². The van der Waals surface area contributed by atoms with Crippen LogP contribution in [0.15, 0.2) is 67.3 Å². The predicted octanol–water partition coefficient (Wildman–Crippen LogP) is 5.90. The third kappa shape index (κ3) is 5.14. The predicted molar refractivity (Wildman–Crippen MR) is 116 cm³/mol. The Morgan fingerprint density at radius 2 is 1.70 bits per heavy atom. The SMILES string of the molecule is Cl.Cl.Clc1ccc(-c2ccc(Nc3cncc(-c4ccccn4)n3)nc2)s1. The highest BCUT2D eigenvalue weighted by Crippen LogP contribution is 2.31. The molecule has 4 heterocycles. The number of halogens is 3. The van der Waals surface area contributed by atoms with Gasteiger partial charge >= 0.3 is 0 Å². The quantitative estimate of drug-likeness (QED) is 0.429. The molecule has 0 aromatic carbocycles. The molecule has 0 unspecified atom stereocenters. The Morgan fingerprint density at radius 3 is 2.37 bits per heavy atom. The maximum atomic E-state index is 5.98. The van der Waals surface area contributed by atoms with Gasteiger partial charge in [0.1, 0.15) is 11.5 Å². The molecule has 0 amide bonds. The van der Waals surface area contributed by atoms with E-state index in [-0.39, 0.29) is 24.8 Å². The van der Waals surface area contributed by atoms with Gasteiger partial charge in [0, 0.05) is 22.8 Å². The van der Waals surface area contributed by atoms with Crippen molar-refractivity contribution >= 4 is 59.4 Å². The number of rotatable bonds is 4. The van der Waals surface area contributed by atoms with E-state index in [1.807, 2.05) is 42.5 Å². The van der Waals surface area contributed by atoms with Crippen LogP contribution in [0.3, 0.4) is 0 Å². The van der Waals surface area contributed by atoms with Gasteiger partial charge in [-0.25, -0.2) is 9.97 Å². The Kier molecular flexibility index (Phi) is 7.50. The largest absolute Gasteiger partial charge is 0.324 e. The summed E-state index contributed by atoms with van der Waals surface area (Å²) < 4.78 is 0.763. The monoisotopic (exact) mass is 437 g/mol. The van der Waals surface area contributed by atoms with E-state index in [0.717, 1.165) is 20.5 Å². The molecule has 4 aromatic rings. The van der Waals surface area contributed by atoms with E-state index < -0.39 is 0 Å². The number of anilines is 2. The first-order valence-corrected chi connectivity index (χ1v) is 8.69. The molecule has 5 nitrogen and oxygen atoms in total. The minimum absolute atomic E-state index is 0. The number of nitrogens with one attached hydrogen (secondary N) is 1. The van der Waals surface area contributed by atoms with Crippen LogP contribution in [-0.2, 0) is 0 Å². The van der Waals surface area contributed by atoms with Gasteiger partial charge in [-0.1, -0.05) is 17.7 Å². The molecule has 0 bridgehead atoms. The normalized spacial score (nSPS) is 9.81. The fourth-order valence-corrected chi connectivity index (χ4v) is 3.31. The molecule has 0 saturated carbocycles. The average Bonchev–Trinajstić information content (AvgIpc) is 3.10. The van der Waals surface area contributed by atoms with Crippen LogP contribution in [0, 0.1) is 0 Å². The molecular weight excluding hydrogens is 425 g/mol. The van der Waals surface area contributed by atoms with Crippen molar-refractivity contribution in [1.29, 1.82) is 0 Å². The van der Waals surface area contributed by atoms with Crippen LogP contribution < -0.4 is 5.32 Å². The highest BCUT2D eigenvalue weighted by atomic mass is 35.5. The zero-order valence-electron chi connectivity index (χ0n) is 13.7. The molecule has 0 radical (unpaired) electrons. The first kappa shape index (κ1) is 21.1. The summed E-state index contributed by atoms with van der Waals surface area (Å²) in [6.07, 6.45) is 6.88. The van der Waals surface area contributed by atoms with Crippen LogP contribution in [0.5, 0.6) is 0 Å². The van der Waals surface area contributed by atoms with E-state index in [0.29, 0.717) is 17.3 Å². The molecule has 0 fully saturated rings. The smallest absolute Gasteiger partial charge is 0.150 e. The summed E-state index contributed by atoms with van der Waals surface area (Å²) in [5, 5.41) is 3.16. The number of hydrogen-bond donors (Lipinski definition) is 1. The molecule has 0 aliphatic rings. The van der Waals surface area contributed by atoms with E-state index in [4.69, 9.17) is 11.6 Å². The van der Waals surface area contributed by atoms with Crippen LogP contribution >= 0.6 is 47.8 Å². The lowest BCUT2D eigenvalue weighted by Gasteiger charge is -2.06. The minimum Gasteiger partial charge on any atom is -0.324 e. The minimum atomic E-state index is 0.